The van der Waals surface area contributed by atoms with E-state index in [9.17, 15) is 18.0 Å². The van der Waals surface area contributed by atoms with E-state index in [2.05, 4.69) is 5.32 Å². The van der Waals surface area contributed by atoms with Gasteiger partial charge in [0.05, 0.1) is 24.8 Å². The number of nitrogens with one attached hydrogen (secondary N) is 1. The number of methoxy groups -OCH3 is 2. The van der Waals surface area contributed by atoms with Crippen molar-refractivity contribution in [2.24, 2.45) is 5.92 Å². The van der Waals surface area contributed by atoms with Gasteiger partial charge in [0.2, 0.25) is 11.8 Å². The molecule has 0 fully saturated rings. The largest absolute Gasteiger partial charge is 0.497 e. The lowest BCUT2D eigenvalue weighted by Gasteiger charge is -2.34. The van der Waals surface area contributed by atoms with Crippen LogP contribution < -0.4 is 19.1 Å². The normalized spacial score (nSPS) is 11.9. The molecule has 0 unspecified atom stereocenters. The predicted molar refractivity (Wildman–Crippen MR) is 184 cm³/mol. The molecule has 0 bridgehead atoms. The number of anilines is 1. The first-order valence-electron chi connectivity index (χ1n) is 15.6. The van der Waals surface area contributed by atoms with Crippen molar-refractivity contribution in [2.45, 2.75) is 44.7 Å². The fourth-order valence-corrected chi connectivity index (χ4v) is 6.55. The van der Waals surface area contributed by atoms with E-state index in [0.717, 1.165) is 15.4 Å². The zero-order valence-electron chi connectivity index (χ0n) is 27.9. The van der Waals surface area contributed by atoms with E-state index in [1.165, 1.54) is 55.5 Å². The Morgan fingerprint density at radius 1 is 0.875 bits per heavy atom. The molecule has 9 nitrogen and oxygen atoms in total. The lowest BCUT2D eigenvalue weighted by Crippen LogP contribution is -2.53. The highest BCUT2D eigenvalue weighted by Crippen LogP contribution is 2.36. The monoisotopic (exact) mass is 675 g/mol. The number of ether oxygens (including phenoxy) is 2. The van der Waals surface area contributed by atoms with E-state index in [0.29, 0.717) is 12.3 Å². The fraction of sp³-hybridized carbons (Fsp3) is 0.297. The molecular formula is C37H42FN3O6S. The van der Waals surface area contributed by atoms with Crippen LogP contribution in [-0.2, 0) is 32.6 Å². The average Bonchev–Trinajstić information content (AvgIpc) is 3.08. The predicted octanol–water partition coefficient (Wildman–Crippen LogP) is 5.76. The molecule has 0 aliphatic rings. The highest BCUT2D eigenvalue weighted by molar-refractivity contribution is 7.92. The van der Waals surface area contributed by atoms with Crippen LogP contribution in [0.2, 0.25) is 0 Å². The third kappa shape index (κ3) is 8.92. The van der Waals surface area contributed by atoms with Gasteiger partial charge in [-0.15, -0.1) is 0 Å². The Morgan fingerprint density at radius 2 is 1.54 bits per heavy atom. The second-order valence-corrected chi connectivity index (χ2v) is 13.7. The number of hydrogen-bond acceptors (Lipinski definition) is 6. The summed E-state index contributed by atoms with van der Waals surface area (Å²) in [5.41, 5.74) is 1.85. The van der Waals surface area contributed by atoms with Crippen molar-refractivity contribution < 1.29 is 31.9 Å². The fourth-order valence-electron chi connectivity index (χ4n) is 5.13. The molecule has 0 saturated carbocycles. The number of halogens is 1. The van der Waals surface area contributed by atoms with Crippen LogP contribution in [0.3, 0.4) is 0 Å². The number of aryl methyl sites for hydroxylation is 1. The summed E-state index contributed by atoms with van der Waals surface area (Å²) in [5, 5.41) is 2.92. The summed E-state index contributed by atoms with van der Waals surface area (Å²) in [5.74, 6) is -1.09. The van der Waals surface area contributed by atoms with Gasteiger partial charge in [0.25, 0.3) is 10.0 Å². The van der Waals surface area contributed by atoms with Gasteiger partial charge in [-0.1, -0.05) is 80.1 Å². The number of benzene rings is 4. The smallest absolute Gasteiger partial charge is 0.264 e. The van der Waals surface area contributed by atoms with Crippen molar-refractivity contribution in [3.63, 3.8) is 0 Å². The molecule has 0 saturated heterocycles. The highest BCUT2D eigenvalue weighted by Gasteiger charge is 2.36. The first-order valence-corrected chi connectivity index (χ1v) is 17.0. The van der Waals surface area contributed by atoms with Gasteiger partial charge < -0.3 is 19.7 Å². The van der Waals surface area contributed by atoms with Crippen LogP contribution in [0.5, 0.6) is 11.5 Å². The van der Waals surface area contributed by atoms with E-state index < -0.39 is 40.2 Å². The molecule has 48 heavy (non-hydrogen) atoms. The molecule has 2 amide bonds. The van der Waals surface area contributed by atoms with E-state index in [1.807, 2.05) is 51.1 Å². The number of hydrogen-bond donors (Lipinski definition) is 1. The molecule has 0 radical (unpaired) electrons. The molecule has 11 heteroatoms. The van der Waals surface area contributed by atoms with Crippen molar-refractivity contribution in [1.29, 1.82) is 0 Å². The maximum absolute atomic E-state index is 15.1. The molecule has 0 aromatic heterocycles. The second-order valence-electron chi connectivity index (χ2n) is 11.8. The molecule has 0 heterocycles. The first-order chi connectivity index (χ1) is 22.9. The van der Waals surface area contributed by atoms with Crippen molar-refractivity contribution in [2.75, 3.05) is 31.6 Å². The minimum atomic E-state index is -4.39. The molecule has 4 aromatic carbocycles. The van der Waals surface area contributed by atoms with Crippen LogP contribution >= 0.6 is 0 Å². The Balaban J connectivity index is 1.87. The number of amides is 2. The van der Waals surface area contributed by atoms with E-state index >= 15 is 4.39 Å². The number of carbonyl (C=O) groups excluding carboxylic acids is 2. The van der Waals surface area contributed by atoms with Crippen molar-refractivity contribution in [1.82, 2.24) is 10.2 Å². The summed E-state index contributed by atoms with van der Waals surface area (Å²) >= 11 is 0. The summed E-state index contributed by atoms with van der Waals surface area (Å²) in [7, 11) is -1.56. The van der Waals surface area contributed by atoms with E-state index in [1.54, 1.807) is 30.3 Å². The van der Waals surface area contributed by atoms with Crippen molar-refractivity contribution in [3.8, 4) is 11.5 Å². The SMILES string of the molecule is COc1ccc(OC)c(N(CC(=O)N(Cc2ccccc2F)[C@H](Cc2ccccc2)C(=O)NCC(C)C)S(=O)(=O)c2ccc(C)cc2)c1. The van der Waals surface area contributed by atoms with Gasteiger partial charge in [0.1, 0.15) is 29.9 Å². The quantitative estimate of drug-likeness (QED) is 0.172. The molecule has 4 aromatic rings. The standard InChI is InChI=1S/C37H42FN3O6S/c1-26(2)23-39-37(43)34(21-28-11-7-6-8-12-28)40(24-29-13-9-10-14-32(29)38)36(42)25-41(33-22-30(46-4)17-20-35(33)47-5)48(44,45)31-18-15-27(3)16-19-31/h6-20,22,26,34H,21,23-25H2,1-5H3,(H,39,43)/t34-/m1/s1. The second kappa shape index (κ2) is 16.3. The Bertz CT molecular complexity index is 1800. The molecule has 1 N–H and O–H groups in total. The van der Waals surface area contributed by atoms with Crippen LogP contribution in [0.15, 0.2) is 102 Å². The Hall–Kier alpha value is -4.90. The van der Waals surface area contributed by atoms with Crippen molar-refractivity contribution >= 4 is 27.5 Å². The van der Waals surface area contributed by atoms with Crippen molar-refractivity contribution in [3.05, 3.63) is 120 Å². The van der Waals surface area contributed by atoms with Gasteiger partial charge in [-0.05, 0) is 48.7 Å². The summed E-state index contributed by atoms with van der Waals surface area (Å²) < 4.78 is 55.8. The third-order valence-corrected chi connectivity index (χ3v) is 9.57. The Labute approximate surface area is 282 Å². The zero-order chi connectivity index (χ0) is 34.8. The van der Waals surface area contributed by atoms with Crippen LogP contribution in [0, 0.1) is 18.7 Å². The van der Waals surface area contributed by atoms with Gasteiger partial charge in [0, 0.05) is 31.1 Å². The topological polar surface area (TPSA) is 105 Å². The molecule has 0 aliphatic carbocycles. The van der Waals surface area contributed by atoms with Crippen LogP contribution in [-0.4, -0.2) is 58.5 Å². The Kier molecular flexibility index (Phi) is 12.2. The van der Waals surface area contributed by atoms with Crippen LogP contribution in [0.25, 0.3) is 0 Å². The summed E-state index contributed by atoms with van der Waals surface area (Å²) in [6, 6.07) is 24.9. The maximum atomic E-state index is 15.1. The summed E-state index contributed by atoms with van der Waals surface area (Å²) in [4.78, 5) is 29.7. The number of rotatable bonds is 15. The van der Waals surface area contributed by atoms with E-state index in [-0.39, 0.29) is 40.8 Å². The minimum absolute atomic E-state index is 0.0538. The number of sulfonamides is 1. The van der Waals surface area contributed by atoms with Gasteiger partial charge in [0.15, 0.2) is 0 Å². The molecule has 1 atom stereocenters. The van der Waals surface area contributed by atoms with Gasteiger partial charge >= 0.3 is 0 Å². The summed E-state index contributed by atoms with van der Waals surface area (Å²) in [6.07, 6.45) is 0.109. The molecule has 254 valence electrons. The number of carbonyl (C=O) groups is 2. The third-order valence-electron chi connectivity index (χ3n) is 7.80. The first kappa shape index (κ1) is 35.9. The molecule has 4 rings (SSSR count). The number of nitrogens with zero attached hydrogens (tertiary/aromatic N) is 2. The van der Waals surface area contributed by atoms with Gasteiger partial charge in [-0.25, -0.2) is 12.8 Å². The van der Waals surface area contributed by atoms with Crippen LogP contribution in [0.1, 0.15) is 30.5 Å². The highest BCUT2D eigenvalue weighted by atomic mass is 32.2. The lowest BCUT2D eigenvalue weighted by molar-refractivity contribution is -0.140. The Morgan fingerprint density at radius 3 is 2.17 bits per heavy atom. The summed E-state index contributed by atoms with van der Waals surface area (Å²) in [6.45, 7) is 5.07. The van der Waals surface area contributed by atoms with E-state index in [4.69, 9.17) is 9.47 Å². The molecule has 0 aliphatic heterocycles. The van der Waals surface area contributed by atoms with Crippen LogP contribution in [0.4, 0.5) is 10.1 Å². The van der Waals surface area contributed by atoms with Gasteiger partial charge in [-0.2, -0.15) is 0 Å². The lowest BCUT2D eigenvalue weighted by atomic mass is 10.0. The average molecular weight is 676 g/mol. The zero-order valence-corrected chi connectivity index (χ0v) is 28.7. The molecular weight excluding hydrogens is 633 g/mol. The minimum Gasteiger partial charge on any atom is -0.497 e. The van der Waals surface area contributed by atoms with Gasteiger partial charge in [-0.3, -0.25) is 13.9 Å². The maximum Gasteiger partial charge on any atom is 0.264 e. The molecule has 0 spiro atoms.